The highest BCUT2D eigenvalue weighted by Gasteiger charge is 2.18. The summed E-state index contributed by atoms with van der Waals surface area (Å²) in [5.74, 6) is -0.454. The number of nitrogens with zero attached hydrogens (tertiary/aromatic N) is 2. The second-order valence-electron chi connectivity index (χ2n) is 5.50. The minimum absolute atomic E-state index is 0.356. The van der Waals surface area contributed by atoms with Gasteiger partial charge < -0.3 is 5.11 Å². The van der Waals surface area contributed by atoms with Crippen molar-refractivity contribution in [3.8, 4) is 0 Å². The van der Waals surface area contributed by atoms with Gasteiger partial charge in [-0.25, -0.2) is 0 Å². The van der Waals surface area contributed by atoms with E-state index >= 15 is 0 Å². The SMILES string of the molecule is Cc1nn(CCC(C)C)c(C)c1CC(C)C(=O)O. The molecule has 0 aliphatic carbocycles. The molecule has 1 N–H and O–H groups in total. The zero-order valence-electron chi connectivity index (χ0n) is 12.0. The number of carboxylic acid groups (broad SMARTS) is 1. The lowest BCUT2D eigenvalue weighted by Crippen LogP contribution is -2.13. The summed E-state index contributed by atoms with van der Waals surface area (Å²) in [5, 5.41) is 13.5. The summed E-state index contributed by atoms with van der Waals surface area (Å²) in [5.41, 5.74) is 3.17. The molecule has 0 saturated heterocycles. The van der Waals surface area contributed by atoms with E-state index in [-0.39, 0.29) is 5.92 Å². The molecule has 4 nitrogen and oxygen atoms in total. The molecule has 0 saturated carbocycles. The molecule has 1 heterocycles. The largest absolute Gasteiger partial charge is 0.481 e. The standard InChI is InChI=1S/C14H24N2O2/c1-9(2)6-7-16-12(5)13(11(4)15-16)8-10(3)14(17)18/h9-10H,6-8H2,1-5H3,(H,17,18). The lowest BCUT2D eigenvalue weighted by atomic mass is 10.00. The first-order valence-electron chi connectivity index (χ1n) is 6.58. The van der Waals surface area contributed by atoms with Crippen LogP contribution in [0.15, 0.2) is 0 Å². The molecule has 0 bridgehead atoms. The Morgan fingerprint density at radius 2 is 1.94 bits per heavy atom. The van der Waals surface area contributed by atoms with Crippen LogP contribution >= 0.6 is 0 Å². The van der Waals surface area contributed by atoms with Crippen LogP contribution in [0.25, 0.3) is 0 Å². The van der Waals surface area contributed by atoms with Gasteiger partial charge in [0.1, 0.15) is 0 Å². The summed E-state index contributed by atoms with van der Waals surface area (Å²) in [6, 6.07) is 0. The monoisotopic (exact) mass is 252 g/mol. The molecule has 102 valence electrons. The smallest absolute Gasteiger partial charge is 0.306 e. The van der Waals surface area contributed by atoms with Crippen molar-refractivity contribution >= 4 is 5.97 Å². The summed E-state index contributed by atoms with van der Waals surface area (Å²) < 4.78 is 2.01. The van der Waals surface area contributed by atoms with Crippen LogP contribution in [0.5, 0.6) is 0 Å². The first-order valence-corrected chi connectivity index (χ1v) is 6.58. The molecular formula is C14H24N2O2. The van der Waals surface area contributed by atoms with Gasteiger partial charge in [0.2, 0.25) is 0 Å². The third kappa shape index (κ3) is 3.59. The third-order valence-corrected chi connectivity index (χ3v) is 3.38. The lowest BCUT2D eigenvalue weighted by molar-refractivity contribution is -0.141. The van der Waals surface area contributed by atoms with E-state index in [0.29, 0.717) is 12.3 Å². The number of carboxylic acids is 1. The zero-order valence-corrected chi connectivity index (χ0v) is 12.0. The van der Waals surface area contributed by atoms with E-state index in [1.807, 2.05) is 18.5 Å². The van der Waals surface area contributed by atoms with Gasteiger partial charge in [-0.3, -0.25) is 9.48 Å². The molecule has 0 aliphatic heterocycles. The fraction of sp³-hybridized carbons (Fsp3) is 0.714. The van der Waals surface area contributed by atoms with Gasteiger partial charge in [-0.1, -0.05) is 20.8 Å². The van der Waals surface area contributed by atoms with Crippen LogP contribution in [0, 0.1) is 25.7 Å². The Morgan fingerprint density at radius 3 is 2.44 bits per heavy atom. The Hall–Kier alpha value is -1.32. The highest BCUT2D eigenvalue weighted by molar-refractivity contribution is 5.70. The maximum Gasteiger partial charge on any atom is 0.306 e. The van der Waals surface area contributed by atoms with Gasteiger partial charge in [-0.2, -0.15) is 5.10 Å². The summed E-state index contributed by atoms with van der Waals surface area (Å²) in [4.78, 5) is 10.9. The van der Waals surface area contributed by atoms with Gasteiger partial charge in [0.25, 0.3) is 0 Å². The van der Waals surface area contributed by atoms with Crippen LogP contribution in [0.2, 0.25) is 0 Å². The fourth-order valence-electron chi connectivity index (χ4n) is 2.02. The molecule has 0 fully saturated rings. The van der Waals surface area contributed by atoms with E-state index in [1.54, 1.807) is 6.92 Å². The van der Waals surface area contributed by atoms with Crippen LogP contribution in [0.1, 0.15) is 44.1 Å². The predicted molar refractivity (Wildman–Crippen MR) is 71.7 cm³/mol. The van der Waals surface area contributed by atoms with Crippen LogP contribution in [0.3, 0.4) is 0 Å². The number of hydrogen-bond donors (Lipinski definition) is 1. The molecule has 4 heteroatoms. The highest BCUT2D eigenvalue weighted by atomic mass is 16.4. The molecule has 0 amide bonds. The van der Waals surface area contributed by atoms with Crippen molar-refractivity contribution < 1.29 is 9.90 Å². The number of carbonyl (C=O) groups is 1. The summed E-state index contributed by atoms with van der Waals surface area (Å²) >= 11 is 0. The van der Waals surface area contributed by atoms with Crippen LogP contribution in [-0.2, 0) is 17.8 Å². The molecule has 1 aromatic heterocycles. The zero-order chi connectivity index (χ0) is 13.9. The molecule has 18 heavy (non-hydrogen) atoms. The van der Waals surface area contributed by atoms with E-state index in [1.165, 1.54) is 0 Å². The number of aliphatic carboxylic acids is 1. The Kier molecular flexibility index (Phi) is 4.93. The Bertz CT molecular complexity index is 422. The van der Waals surface area contributed by atoms with Gasteiger partial charge >= 0.3 is 5.97 Å². The van der Waals surface area contributed by atoms with Crippen molar-refractivity contribution in [1.29, 1.82) is 0 Å². The molecule has 1 unspecified atom stereocenters. The van der Waals surface area contributed by atoms with Gasteiger partial charge in [-0.05, 0) is 38.2 Å². The van der Waals surface area contributed by atoms with Gasteiger partial charge in [-0.15, -0.1) is 0 Å². The molecule has 0 aromatic carbocycles. The second-order valence-corrected chi connectivity index (χ2v) is 5.50. The summed E-state index contributed by atoms with van der Waals surface area (Å²) in [6.07, 6.45) is 1.66. The van der Waals surface area contributed by atoms with Gasteiger partial charge in [0.15, 0.2) is 0 Å². The van der Waals surface area contributed by atoms with Crippen molar-refractivity contribution in [3.63, 3.8) is 0 Å². The normalized spacial score (nSPS) is 13.0. The van der Waals surface area contributed by atoms with Gasteiger partial charge in [0.05, 0.1) is 11.6 Å². The number of aryl methyl sites for hydroxylation is 2. The van der Waals surface area contributed by atoms with E-state index in [4.69, 9.17) is 5.11 Å². The molecular weight excluding hydrogens is 228 g/mol. The van der Waals surface area contributed by atoms with Crippen LogP contribution in [-0.4, -0.2) is 20.9 Å². The third-order valence-electron chi connectivity index (χ3n) is 3.38. The van der Waals surface area contributed by atoms with Crippen molar-refractivity contribution in [3.05, 3.63) is 17.0 Å². The molecule has 1 rings (SSSR count). The van der Waals surface area contributed by atoms with E-state index in [9.17, 15) is 4.79 Å². The van der Waals surface area contributed by atoms with Crippen LogP contribution < -0.4 is 0 Å². The summed E-state index contributed by atoms with van der Waals surface area (Å²) in [7, 11) is 0. The Balaban J connectivity index is 2.83. The van der Waals surface area contributed by atoms with E-state index < -0.39 is 5.97 Å². The first kappa shape index (κ1) is 14.7. The average molecular weight is 252 g/mol. The quantitative estimate of drug-likeness (QED) is 0.847. The number of hydrogen-bond acceptors (Lipinski definition) is 2. The second kappa shape index (κ2) is 6.03. The van der Waals surface area contributed by atoms with Gasteiger partial charge in [0, 0.05) is 12.2 Å². The summed E-state index contributed by atoms with van der Waals surface area (Å²) in [6.45, 7) is 11.0. The molecule has 1 atom stereocenters. The van der Waals surface area contributed by atoms with Crippen molar-refractivity contribution in [1.82, 2.24) is 9.78 Å². The van der Waals surface area contributed by atoms with E-state index in [0.717, 1.165) is 29.9 Å². The Morgan fingerprint density at radius 1 is 1.33 bits per heavy atom. The topological polar surface area (TPSA) is 55.1 Å². The molecule has 0 aliphatic rings. The number of aromatic nitrogens is 2. The molecule has 0 radical (unpaired) electrons. The van der Waals surface area contributed by atoms with Crippen molar-refractivity contribution in [2.24, 2.45) is 11.8 Å². The fourth-order valence-corrected chi connectivity index (χ4v) is 2.02. The Labute approximate surface area is 109 Å². The average Bonchev–Trinajstić information content (AvgIpc) is 2.53. The maximum absolute atomic E-state index is 10.9. The van der Waals surface area contributed by atoms with E-state index in [2.05, 4.69) is 18.9 Å². The first-order chi connectivity index (χ1) is 8.32. The highest BCUT2D eigenvalue weighted by Crippen LogP contribution is 2.18. The van der Waals surface area contributed by atoms with Crippen molar-refractivity contribution in [2.45, 2.75) is 54.0 Å². The molecule has 1 aromatic rings. The van der Waals surface area contributed by atoms with Crippen LogP contribution in [0.4, 0.5) is 0 Å². The minimum Gasteiger partial charge on any atom is -0.481 e. The molecule has 0 spiro atoms. The lowest BCUT2D eigenvalue weighted by Gasteiger charge is -2.09. The minimum atomic E-state index is -0.747. The van der Waals surface area contributed by atoms with Crippen molar-refractivity contribution in [2.75, 3.05) is 0 Å². The maximum atomic E-state index is 10.9. The number of rotatable bonds is 6. The predicted octanol–water partition coefficient (Wildman–Crippen LogP) is 2.81.